The van der Waals surface area contributed by atoms with Crippen LogP contribution in [0, 0.1) is 0 Å². The highest BCUT2D eigenvalue weighted by Gasteiger charge is 2.39. The Morgan fingerprint density at radius 1 is 1.06 bits per heavy atom. The summed E-state index contributed by atoms with van der Waals surface area (Å²) in [5, 5.41) is 2.58. The monoisotopic (exact) mass is 522 g/mol. The van der Waals surface area contributed by atoms with E-state index in [1.54, 1.807) is 12.1 Å². The van der Waals surface area contributed by atoms with Gasteiger partial charge >= 0.3 is 0 Å². The number of para-hydroxylation sites is 1. The third kappa shape index (κ3) is 4.18. The van der Waals surface area contributed by atoms with E-state index in [2.05, 4.69) is 20.9 Å². The molecule has 2 aromatic carbocycles. The Hall–Kier alpha value is -2.91. The van der Waals surface area contributed by atoms with Gasteiger partial charge in [0.1, 0.15) is 4.90 Å². The number of benzene rings is 2. The third-order valence-electron chi connectivity index (χ3n) is 7.46. The summed E-state index contributed by atoms with van der Waals surface area (Å²) >= 11 is 6.21. The van der Waals surface area contributed by atoms with Gasteiger partial charge < -0.3 is 9.97 Å². The molecule has 0 spiro atoms. The number of hydrogen-bond acceptors (Lipinski definition) is 4. The quantitative estimate of drug-likeness (QED) is 0.387. The second-order valence-corrected chi connectivity index (χ2v) is 11.9. The molecule has 7 nitrogen and oxygen atoms in total. The van der Waals surface area contributed by atoms with Gasteiger partial charge in [-0.1, -0.05) is 35.9 Å². The zero-order valence-electron chi connectivity index (χ0n) is 19.7. The van der Waals surface area contributed by atoms with Crippen LogP contribution in [0.2, 0.25) is 5.02 Å². The number of halogens is 1. The van der Waals surface area contributed by atoms with Crippen molar-refractivity contribution in [2.45, 2.75) is 30.2 Å². The van der Waals surface area contributed by atoms with Gasteiger partial charge in [-0.2, -0.15) is 4.31 Å². The normalized spacial score (nSPS) is 19.5. The molecule has 6 rings (SSSR count). The minimum Gasteiger partial charge on any atom is -0.361 e. The van der Waals surface area contributed by atoms with E-state index in [-0.39, 0.29) is 10.9 Å². The van der Waals surface area contributed by atoms with Crippen molar-refractivity contribution in [1.29, 1.82) is 0 Å². The lowest BCUT2D eigenvalue weighted by Crippen LogP contribution is -2.52. The van der Waals surface area contributed by atoms with E-state index in [1.807, 2.05) is 36.5 Å². The molecule has 1 saturated heterocycles. The van der Waals surface area contributed by atoms with Crippen molar-refractivity contribution < 1.29 is 8.42 Å². The summed E-state index contributed by atoms with van der Waals surface area (Å²) in [5.41, 5.74) is 3.66. The maximum atomic E-state index is 13.3. The van der Waals surface area contributed by atoms with Crippen LogP contribution in [0.3, 0.4) is 0 Å². The number of fused-ring (bicyclic) bond motifs is 2. The lowest BCUT2D eigenvalue weighted by Gasteiger charge is -2.40. The molecule has 0 aliphatic carbocycles. The zero-order valence-corrected chi connectivity index (χ0v) is 21.3. The number of pyridine rings is 1. The van der Waals surface area contributed by atoms with Crippen molar-refractivity contribution in [2.24, 2.45) is 0 Å². The molecular formula is C27H27ClN4O3S. The van der Waals surface area contributed by atoms with Gasteiger partial charge in [-0.05, 0) is 60.6 Å². The Kier molecular flexibility index (Phi) is 6.00. The Morgan fingerprint density at radius 3 is 2.69 bits per heavy atom. The molecule has 0 unspecified atom stereocenters. The highest BCUT2D eigenvalue weighted by Crippen LogP contribution is 2.32. The predicted octanol–water partition coefficient (Wildman–Crippen LogP) is 4.61. The van der Waals surface area contributed by atoms with E-state index in [0.717, 1.165) is 54.8 Å². The Balaban J connectivity index is 1.12. The topological polar surface area (TPSA) is 89.3 Å². The van der Waals surface area contributed by atoms with E-state index in [4.69, 9.17) is 11.6 Å². The van der Waals surface area contributed by atoms with Gasteiger partial charge in [-0.25, -0.2) is 8.42 Å². The maximum Gasteiger partial charge on any atom is 0.268 e. The highest BCUT2D eigenvalue weighted by molar-refractivity contribution is 7.89. The van der Waals surface area contributed by atoms with Crippen molar-refractivity contribution in [1.82, 2.24) is 19.2 Å². The lowest BCUT2D eigenvalue weighted by molar-refractivity contribution is 0.164. The zero-order chi connectivity index (χ0) is 24.9. The van der Waals surface area contributed by atoms with Gasteiger partial charge in [0.15, 0.2) is 0 Å². The average molecular weight is 523 g/mol. The summed E-state index contributed by atoms with van der Waals surface area (Å²) in [6.07, 6.45) is 6.80. The van der Waals surface area contributed by atoms with E-state index in [0.29, 0.717) is 17.4 Å². The summed E-state index contributed by atoms with van der Waals surface area (Å²) in [6, 6.07) is 14.5. The van der Waals surface area contributed by atoms with Crippen LogP contribution in [-0.4, -0.2) is 59.8 Å². The number of sulfonamides is 1. The fraction of sp³-hybridized carbons (Fsp3) is 0.296. The van der Waals surface area contributed by atoms with Crippen molar-refractivity contribution in [3.63, 3.8) is 0 Å². The minimum absolute atomic E-state index is 0.0815. The van der Waals surface area contributed by atoms with Crippen LogP contribution < -0.4 is 5.56 Å². The summed E-state index contributed by atoms with van der Waals surface area (Å²) in [4.78, 5) is 20.8. The molecule has 2 aliphatic rings. The van der Waals surface area contributed by atoms with Crippen LogP contribution in [0.5, 0.6) is 0 Å². The van der Waals surface area contributed by atoms with Gasteiger partial charge in [0.25, 0.3) is 5.56 Å². The highest BCUT2D eigenvalue weighted by atomic mass is 35.5. The van der Waals surface area contributed by atoms with E-state index < -0.39 is 15.6 Å². The fourth-order valence-electron chi connectivity index (χ4n) is 5.32. The maximum absolute atomic E-state index is 13.3. The van der Waals surface area contributed by atoms with Crippen LogP contribution in [-0.2, 0) is 10.0 Å². The first-order valence-electron chi connectivity index (χ1n) is 12.2. The largest absolute Gasteiger partial charge is 0.361 e. The molecule has 4 aromatic rings. The molecule has 4 heterocycles. The van der Waals surface area contributed by atoms with Gasteiger partial charge in [0.2, 0.25) is 10.0 Å². The van der Waals surface area contributed by atoms with Gasteiger partial charge in [0.05, 0.1) is 0 Å². The molecule has 36 heavy (non-hydrogen) atoms. The number of nitrogens with zero attached hydrogens (tertiary/aromatic N) is 2. The molecule has 0 amide bonds. The van der Waals surface area contributed by atoms with Crippen LogP contribution in [0.15, 0.2) is 70.5 Å². The number of hydrogen-bond donors (Lipinski definition) is 2. The first-order valence-corrected chi connectivity index (χ1v) is 14.0. The molecule has 2 aromatic heterocycles. The van der Waals surface area contributed by atoms with E-state index in [1.165, 1.54) is 21.5 Å². The molecule has 0 saturated carbocycles. The first kappa shape index (κ1) is 23.5. The molecule has 186 valence electrons. The minimum atomic E-state index is -3.84. The molecular weight excluding hydrogens is 496 g/mol. The average Bonchev–Trinajstić information content (AvgIpc) is 3.26. The standard InChI is InChI=1S/C27H27ClN4O3S/c28-20-5-6-25-22(16-20)23(17-29-25)18-7-11-31(12-8-18)13-9-21-10-14-32(21)36(34,35)26-15-19-3-1-2-4-24(19)30-27(26)33/h1-7,15-17,21,29H,8-14H2,(H,30,33)/t21-/m0/s1. The first-order chi connectivity index (χ1) is 17.4. The van der Waals surface area contributed by atoms with Crippen molar-refractivity contribution in [3.05, 3.63) is 81.7 Å². The van der Waals surface area contributed by atoms with Gasteiger partial charge in [-0.15, -0.1) is 0 Å². The molecule has 9 heteroatoms. The number of H-pyrrole nitrogens is 2. The molecule has 0 bridgehead atoms. The molecule has 2 N–H and O–H groups in total. The second-order valence-electron chi connectivity index (χ2n) is 9.57. The fourth-order valence-corrected chi connectivity index (χ4v) is 7.25. The van der Waals surface area contributed by atoms with Crippen molar-refractivity contribution in [2.75, 3.05) is 26.2 Å². The summed E-state index contributed by atoms with van der Waals surface area (Å²) in [7, 11) is -3.84. The molecule has 1 fully saturated rings. The smallest absolute Gasteiger partial charge is 0.268 e. The van der Waals surface area contributed by atoms with Crippen LogP contribution in [0.4, 0.5) is 0 Å². The molecule has 1 atom stereocenters. The van der Waals surface area contributed by atoms with E-state index in [9.17, 15) is 13.2 Å². The van der Waals surface area contributed by atoms with Crippen molar-refractivity contribution in [3.8, 4) is 0 Å². The van der Waals surface area contributed by atoms with Crippen molar-refractivity contribution >= 4 is 49.0 Å². The van der Waals surface area contributed by atoms with Crippen LogP contribution >= 0.6 is 11.6 Å². The molecule has 2 aliphatic heterocycles. The van der Waals surface area contributed by atoms with Gasteiger partial charge in [-0.3, -0.25) is 9.69 Å². The lowest BCUT2D eigenvalue weighted by atomic mass is 9.98. The SMILES string of the molecule is O=c1[nH]c2ccccc2cc1S(=O)(=O)N1CC[C@@H]1CCN1CC=C(c2c[nH]c3ccc(Cl)cc23)CC1. The summed E-state index contributed by atoms with van der Waals surface area (Å²) in [6.45, 7) is 3.01. The van der Waals surface area contributed by atoms with Crippen LogP contribution in [0.25, 0.3) is 27.4 Å². The van der Waals surface area contributed by atoms with Gasteiger partial charge in [0, 0.05) is 65.4 Å². The number of aromatic amines is 2. The third-order valence-corrected chi connectivity index (χ3v) is 9.65. The number of nitrogens with one attached hydrogen (secondary N) is 2. The predicted molar refractivity (Wildman–Crippen MR) is 144 cm³/mol. The van der Waals surface area contributed by atoms with E-state index >= 15 is 0 Å². The summed E-state index contributed by atoms with van der Waals surface area (Å²) in [5.74, 6) is 0. The molecule has 0 radical (unpaired) electrons. The number of aromatic nitrogens is 2. The summed E-state index contributed by atoms with van der Waals surface area (Å²) < 4.78 is 28.1. The Labute approximate surface area is 214 Å². The second kappa shape index (κ2) is 9.19. The Morgan fingerprint density at radius 2 is 1.92 bits per heavy atom. The van der Waals surface area contributed by atoms with Crippen LogP contribution in [0.1, 0.15) is 24.8 Å². The Bertz CT molecular complexity index is 1660. The number of rotatable bonds is 6.